The van der Waals surface area contributed by atoms with Crippen molar-refractivity contribution in [1.29, 1.82) is 0 Å². The maximum Gasteiger partial charge on any atom is 0.244 e. The van der Waals surface area contributed by atoms with Crippen LogP contribution in [-0.4, -0.2) is 44.0 Å². The van der Waals surface area contributed by atoms with E-state index in [4.69, 9.17) is 5.73 Å². The second kappa shape index (κ2) is 5.85. The van der Waals surface area contributed by atoms with Gasteiger partial charge in [-0.25, -0.2) is 18.1 Å². The largest absolute Gasteiger partial charge is 0.383 e. The highest BCUT2D eigenvalue weighted by atomic mass is 32.2. The summed E-state index contributed by atoms with van der Waals surface area (Å²) in [6, 6.07) is 3.03. The standard InChI is InChI=1S/C12H20N4O2S/c1-2-16-8-5-10(6-9-16)15-19(17,18)11-4-3-7-14-12(11)13/h3-4,7,10,15H,2,5-6,8-9H2,1H3,(H2,13,14). The van der Waals surface area contributed by atoms with Gasteiger partial charge in [0, 0.05) is 12.2 Å². The number of nitrogen functional groups attached to an aromatic ring is 1. The molecule has 0 atom stereocenters. The van der Waals surface area contributed by atoms with Gasteiger partial charge in [0.1, 0.15) is 10.7 Å². The van der Waals surface area contributed by atoms with Gasteiger partial charge in [0.15, 0.2) is 0 Å². The van der Waals surface area contributed by atoms with Gasteiger partial charge in [0.2, 0.25) is 10.0 Å². The first-order chi connectivity index (χ1) is 9.03. The van der Waals surface area contributed by atoms with Gasteiger partial charge in [-0.2, -0.15) is 0 Å². The summed E-state index contributed by atoms with van der Waals surface area (Å²) < 4.78 is 27.2. The van der Waals surface area contributed by atoms with Crippen molar-refractivity contribution >= 4 is 15.8 Å². The van der Waals surface area contributed by atoms with Crippen LogP contribution in [0.3, 0.4) is 0 Å². The SMILES string of the molecule is CCN1CCC(NS(=O)(=O)c2cccnc2N)CC1. The number of hydrogen-bond donors (Lipinski definition) is 2. The highest BCUT2D eigenvalue weighted by Crippen LogP contribution is 2.17. The summed E-state index contributed by atoms with van der Waals surface area (Å²) in [6.45, 7) is 4.97. The number of pyridine rings is 1. The molecular formula is C12H20N4O2S. The molecule has 0 saturated carbocycles. The van der Waals surface area contributed by atoms with Crippen LogP contribution in [0.4, 0.5) is 5.82 Å². The van der Waals surface area contributed by atoms with Crippen molar-refractivity contribution in [3.8, 4) is 0 Å². The Kier molecular flexibility index (Phi) is 4.38. The van der Waals surface area contributed by atoms with E-state index in [9.17, 15) is 8.42 Å². The summed E-state index contributed by atoms with van der Waals surface area (Å²) in [5, 5.41) is 0. The van der Waals surface area contributed by atoms with Crippen LogP contribution in [0.1, 0.15) is 19.8 Å². The number of nitrogens with one attached hydrogen (secondary N) is 1. The molecule has 0 spiro atoms. The fourth-order valence-corrected chi connectivity index (χ4v) is 3.67. The maximum atomic E-state index is 12.2. The van der Waals surface area contributed by atoms with Crippen LogP contribution >= 0.6 is 0 Å². The number of likely N-dealkylation sites (tertiary alicyclic amines) is 1. The van der Waals surface area contributed by atoms with Crippen LogP contribution in [-0.2, 0) is 10.0 Å². The molecule has 0 unspecified atom stereocenters. The summed E-state index contributed by atoms with van der Waals surface area (Å²) in [5.74, 6) is 0.0426. The molecule has 0 radical (unpaired) electrons. The minimum atomic E-state index is -3.57. The Labute approximate surface area is 114 Å². The number of sulfonamides is 1. The van der Waals surface area contributed by atoms with Gasteiger partial charge in [-0.1, -0.05) is 6.92 Å². The zero-order chi connectivity index (χ0) is 13.9. The molecule has 1 aromatic heterocycles. The van der Waals surface area contributed by atoms with Crippen molar-refractivity contribution in [2.75, 3.05) is 25.4 Å². The molecule has 7 heteroatoms. The smallest absolute Gasteiger partial charge is 0.244 e. The number of nitrogens with zero attached hydrogens (tertiary/aromatic N) is 2. The zero-order valence-electron chi connectivity index (χ0n) is 11.0. The third-order valence-corrected chi connectivity index (χ3v) is 5.01. The molecule has 0 amide bonds. The van der Waals surface area contributed by atoms with Crippen molar-refractivity contribution in [2.45, 2.75) is 30.7 Å². The normalized spacial score (nSPS) is 18.6. The average Bonchev–Trinajstić information content (AvgIpc) is 2.39. The van der Waals surface area contributed by atoms with E-state index in [-0.39, 0.29) is 16.8 Å². The van der Waals surface area contributed by atoms with E-state index in [1.807, 2.05) is 0 Å². The minimum Gasteiger partial charge on any atom is -0.383 e. The van der Waals surface area contributed by atoms with Crippen molar-refractivity contribution in [1.82, 2.24) is 14.6 Å². The summed E-state index contributed by atoms with van der Waals surface area (Å²) in [5.41, 5.74) is 5.62. The topological polar surface area (TPSA) is 88.3 Å². The van der Waals surface area contributed by atoms with Crippen molar-refractivity contribution in [2.24, 2.45) is 0 Å². The Hall–Kier alpha value is -1.18. The first-order valence-electron chi connectivity index (χ1n) is 6.48. The molecule has 2 heterocycles. The van der Waals surface area contributed by atoms with E-state index < -0.39 is 10.0 Å². The van der Waals surface area contributed by atoms with Gasteiger partial charge >= 0.3 is 0 Å². The molecule has 0 aliphatic carbocycles. The summed E-state index contributed by atoms with van der Waals surface area (Å²) in [6.07, 6.45) is 3.13. The lowest BCUT2D eigenvalue weighted by atomic mass is 10.1. The number of piperidine rings is 1. The van der Waals surface area contributed by atoms with Crippen LogP contribution < -0.4 is 10.5 Å². The van der Waals surface area contributed by atoms with Crippen LogP contribution in [0.15, 0.2) is 23.2 Å². The summed E-state index contributed by atoms with van der Waals surface area (Å²) >= 11 is 0. The lowest BCUT2D eigenvalue weighted by molar-refractivity contribution is 0.217. The van der Waals surface area contributed by atoms with E-state index in [1.165, 1.54) is 12.3 Å². The van der Waals surface area contributed by atoms with E-state index in [0.717, 1.165) is 32.5 Å². The Bertz CT molecular complexity index is 524. The molecule has 1 aliphatic rings. The Balaban J connectivity index is 2.05. The quantitative estimate of drug-likeness (QED) is 0.837. The second-order valence-electron chi connectivity index (χ2n) is 4.72. The molecule has 0 bridgehead atoms. The van der Waals surface area contributed by atoms with Crippen LogP contribution in [0.5, 0.6) is 0 Å². The highest BCUT2D eigenvalue weighted by molar-refractivity contribution is 7.89. The van der Waals surface area contributed by atoms with Gasteiger partial charge in [-0.05, 0) is 44.6 Å². The first kappa shape index (κ1) is 14.2. The zero-order valence-corrected chi connectivity index (χ0v) is 11.9. The average molecular weight is 284 g/mol. The Morgan fingerprint density at radius 3 is 2.74 bits per heavy atom. The number of nitrogens with two attached hydrogens (primary N) is 1. The van der Waals surface area contributed by atoms with Gasteiger partial charge < -0.3 is 10.6 Å². The lowest BCUT2D eigenvalue weighted by Crippen LogP contribution is -2.44. The lowest BCUT2D eigenvalue weighted by Gasteiger charge is -2.31. The Morgan fingerprint density at radius 1 is 1.47 bits per heavy atom. The highest BCUT2D eigenvalue weighted by Gasteiger charge is 2.25. The van der Waals surface area contributed by atoms with Crippen molar-refractivity contribution in [3.63, 3.8) is 0 Å². The van der Waals surface area contributed by atoms with Crippen molar-refractivity contribution in [3.05, 3.63) is 18.3 Å². The molecule has 6 nitrogen and oxygen atoms in total. The number of anilines is 1. The fraction of sp³-hybridized carbons (Fsp3) is 0.583. The molecule has 1 fully saturated rings. The second-order valence-corrected chi connectivity index (χ2v) is 6.40. The van der Waals surface area contributed by atoms with Crippen LogP contribution in [0.25, 0.3) is 0 Å². The van der Waals surface area contributed by atoms with E-state index in [0.29, 0.717) is 0 Å². The summed E-state index contributed by atoms with van der Waals surface area (Å²) in [4.78, 5) is 6.19. The van der Waals surface area contributed by atoms with Crippen LogP contribution in [0.2, 0.25) is 0 Å². The molecule has 1 aliphatic heterocycles. The summed E-state index contributed by atoms with van der Waals surface area (Å²) in [7, 11) is -3.57. The number of rotatable bonds is 4. The van der Waals surface area contributed by atoms with Gasteiger partial charge in [0.05, 0.1) is 0 Å². The molecule has 3 N–H and O–H groups in total. The molecule has 1 aromatic rings. The molecular weight excluding hydrogens is 264 g/mol. The number of aromatic nitrogens is 1. The molecule has 0 aromatic carbocycles. The van der Waals surface area contributed by atoms with E-state index >= 15 is 0 Å². The predicted molar refractivity (Wildman–Crippen MR) is 74.1 cm³/mol. The fourth-order valence-electron chi connectivity index (χ4n) is 2.28. The molecule has 2 rings (SSSR count). The minimum absolute atomic E-state index is 0.0209. The van der Waals surface area contributed by atoms with Crippen LogP contribution in [0, 0.1) is 0 Å². The van der Waals surface area contributed by atoms with E-state index in [2.05, 4.69) is 21.5 Å². The van der Waals surface area contributed by atoms with Gasteiger partial charge in [-0.3, -0.25) is 0 Å². The maximum absolute atomic E-state index is 12.2. The Morgan fingerprint density at radius 2 is 2.16 bits per heavy atom. The third-order valence-electron chi connectivity index (χ3n) is 3.45. The van der Waals surface area contributed by atoms with E-state index in [1.54, 1.807) is 6.07 Å². The third kappa shape index (κ3) is 3.43. The van der Waals surface area contributed by atoms with Gasteiger partial charge in [0.25, 0.3) is 0 Å². The van der Waals surface area contributed by atoms with Crippen molar-refractivity contribution < 1.29 is 8.42 Å². The predicted octanol–water partition coefficient (Wildman–Crippen LogP) is 0.426. The molecule has 19 heavy (non-hydrogen) atoms. The van der Waals surface area contributed by atoms with Gasteiger partial charge in [-0.15, -0.1) is 0 Å². The first-order valence-corrected chi connectivity index (χ1v) is 7.96. The molecule has 106 valence electrons. The number of hydrogen-bond acceptors (Lipinski definition) is 5. The molecule has 1 saturated heterocycles. The monoisotopic (exact) mass is 284 g/mol.